The normalized spacial score (nSPS) is 21.2. The molecule has 0 N–H and O–H groups in total. The van der Waals surface area contributed by atoms with Crippen LogP contribution < -0.4 is 4.90 Å². The standard InChI is InChI=1S/C15H19N3O/c1-18(10-13-5-3-7-19-13)15-12(9-16)8-11-4-2-6-14(11)17-15/h8,13H,2-7,10H2,1H3. The van der Waals surface area contributed by atoms with E-state index < -0.39 is 0 Å². The van der Waals surface area contributed by atoms with Gasteiger partial charge in [0.15, 0.2) is 0 Å². The van der Waals surface area contributed by atoms with Gasteiger partial charge >= 0.3 is 0 Å². The van der Waals surface area contributed by atoms with E-state index in [0.717, 1.165) is 51.1 Å². The molecule has 3 rings (SSSR count). The predicted molar refractivity (Wildman–Crippen MR) is 73.2 cm³/mol. The van der Waals surface area contributed by atoms with Gasteiger partial charge in [0.2, 0.25) is 0 Å². The van der Waals surface area contributed by atoms with Crippen LogP contribution in [0.3, 0.4) is 0 Å². The van der Waals surface area contributed by atoms with Crippen LogP contribution in [-0.4, -0.2) is 31.3 Å². The molecule has 2 heterocycles. The minimum atomic E-state index is 0.284. The molecule has 1 aromatic heterocycles. The summed E-state index contributed by atoms with van der Waals surface area (Å²) in [7, 11) is 2.01. The van der Waals surface area contributed by atoms with E-state index in [1.165, 1.54) is 11.3 Å². The predicted octanol–water partition coefficient (Wildman–Crippen LogP) is 2.06. The van der Waals surface area contributed by atoms with Gasteiger partial charge in [-0.15, -0.1) is 0 Å². The lowest BCUT2D eigenvalue weighted by Crippen LogP contribution is -2.30. The second kappa shape index (κ2) is 5.18. The van der Waals surface area contributed by atoms with Crippen molar-refractivity contribution in [1.29, 1.82) is 5.26 Å². The summed E-state index contributed by atoms with van der Waals surface area (Å²) >= 11 is 0. The molecule has 2 aliphatic rings. The first-order valence-electron chi connectivity index (χ1n) is 7.03. The molecule has 1 aliphatic carbocycles. The van der Waals surface area contributed by atoms with Crippen LogP contribution in [0.1, 0.15) is 36.1 Å². The van der Waals surface area contributed by atoms with Crippen LogP contribution in [0.5, 0.6) is 0 Å². The Morgan fingerprint density at radius 1 is 1.47 bits per heavy atom. The lowest BCUT2D eigenvalue weighted by molar-refractivity contribution is 0.116. The third-order valence-electron chi connectivity index (χ3n) is 4.01. The third kappa shape index (κ3) is 2.43. The van der Waals surface area contributed by atoms with Crippen molar-refractivity contribution in [1.82, 2.24) is 4.98 Å². The highest BCUT2D eigenvalue weighted by Gasteiger charge is 2.22. The van der Waals surface area contributed by atoms with Crippen LogP contribution in [0, 0.1) is 11.3 Å². The molecule has 0 amide bonds. The highest BCUT2D eigenvalue weighted by atomic mass is 16.5. The smallest absolute Gasteiger partial charge is 0.146 e. The number of aromatic nitrogens is 1. The van der Waals surface area contributed by atoms with Crippen molar-refractivity contribution in [3.05, 3.63) is 22.9 Å². The first-order valence-corrected chi connectivity index (χ1v) is 7.03. The van der Waals surface area contributed by atoms with Crippen molar-refractivity contribution < 1.29 is 4.74 Å². The fourth-order valence-electron chi connectivity index (χ4n) is 3.01. The number of pyridine rings is 1. The number of nitriles is 1. The average Bonchev–Trinajstić information content (AvgIpc) is 3.07. The van der Waals surface area contributed by atoms with Gasteiger partial charge in [-0.05, 0) is 43.7 Å². The number of nitrogens with zero attached hydrogens (tertiary/aromatic N) is 3. The van der Waals surface area contributed by atoms with Crippen molar-refractivity contribution in [2.45, 2.75) is 38.2 Å². The molecule has 0 saturated carbocycles. The van der Waals surface area contributed by atoms with Crippen molar-refractivity contribution in [2.75, 3.05) is 25.1 Å². The summed E-state index contributed by atoms with van der Waals surface area (Å²) in [5.74, 6) is 0.818. The molecule has 0 radical (unpaired) electrons. The van der Waals surface area contributed by atoms with E-state index in [1.807, 2.05) is 13.1 Å². The highest BCUT2D eigenvalue weighted by molar-refractivity contribution is 5.56. The minimum Gasteiger partial charge on any atom is -0.376 e. The van der Waals surface area contributed by atoms with Crippen molar-refractivity contribution >= 4 is 5.82 Å². The minimum absolute atomic E-state index is 0.284. The Hall–Kier alpha value is -1.60. The Morgan fingerprint density at radius 2 is 2.37 bits per heavy atom. The van der Waals surface area contributed by atoms with Crippen LogP contribution in [0.4, 0.5) is 5.82 Å². The topological polar surface area (TPSA) is 49.1 Å². The van der Waals surface area contributed by atoms with Crippen LogP contribution in [0.2, 0.25) is 0 Å². The van der Waals surface area contributed by atoms with Gasteiger partial charge in [0.05, 0.1) is 11.7 Å². The average molecular weight is 257 g/mol. The molecular formula is C15H19N3O. The van der Waals surface area contributed by atoms with Gasteiger partial charge in [0, 0.05) is 25.9 Å². The molecular weight excluding hydrogens is 238 g/mol. The molecule has 1 aliphatic heterocycles. The molecule has 0 spiro atoms. The fraction of sp³-hybridized carbons (Fsp3) is 0.600. The molecule has 4 nitrogen and oxygen atoms in total. The molecule has 4 heteroatoms. The lowest BCUT2D eigenvalue weighted by atomic mass is 10.1. The summed E-state index contributed by atoms with van der Waals surface area (Å²) in [5, 5.41) is 9.31. The van der Waals surface area contributed by atoms with Gasteiger partial charge in [-0.3, -0.25) is 0 Å². The molecule has 1 saturated heterocycles. The Bertz CT molecular complexity index is 515. The number of likely N-dealkylation sites (N-methyl/N-ethyl adjacent to an activating group) is 1. The third-order valence-corrected chi connectivity index (χ3v) is 4.01. The highest BCUT2D eigenvalue weighted by Crippen LogP contribution is 2.27. The van der Waals surface area contributed by atoms with Crippen LogP contribution in [0.15, 0.2) is 6.07 Å². The molecule has 1 atom stereocenters. The molecule has 0 aromatic carbocycles. The Morgan fingerprint density at radius 3 is 3.11 bits per heavy atom. The van der Waals surface area contributed by atoms with Crippen molar-refractivity contribution in [2.24, 2.45) is 0 Å². The Kier molecular flexibility index (Phi) is 3.39. The summed E-state index contributed by atoms with van der Waals surface area (Å²) < 4.78 is 5.66. The summed E-state index contributed by atoms with van der Waals surface area (Å²) in [6, 6.07) is 4.31. The largest absolute Gasteiger partial charge is 0.376 e. The number of aryl methyl sites for hydroxylation is 2. The molecule has 1 unspecified atom stereocenters. The number of fused-ring (bicyclic) bond motifs is 1. The summed E-state index contributed by atoms with van der Waals surface area (Å²) in [6.45, 7) is 1.68. The van der Waals surface area contributed by atoms with E-state index in [-0.39, 0.29) is 6.10 Å². The number of hydrogen-bond donors (Lipinski definition) is 0. The first-order chi connectivity index (χ1) is 9.28. The summed E-state index contributed by atoms with van der Waals surface area (Å²) in [5.41, 5.74) is 3.13. The fourth-order valence-corrected chi connectivity index (χ4v) is 3.01. The van der Waals surface area contributed by atoms with Gasteiger partial charge in [-0.1, -0.05) is 0 Å². The molecule has 0 bridgehead atoms. The number of anilines is 1. The van der Waals surface area contributed by atoms with E-state index in [4.69, 9.17) is 9.72 Å². The summed E-state index contributed by atoms with van der Waals surface area (Å²) in [6.07, 6.45) is 5.80. The van der Waals surface area contributed by atoms with Crippen LogP contribution in [0.25, 0.3) is 0 Å². The van der Waals surface area contributed by atoms with Gasteiger partial charge in [0.1, 0.15) is 11.9 Å². The molecule has 19 heavy (non-hydrogen) atoms. The number of ether oxygens (including phenoxy) is 1. The quantitative estimate of drug-likeness (QED) is 0.831. The van der Waals surface area contributed by atoms with E-state index in [1.54, 1.807) is 0 Å². The van der Waals surface area contributed by atoms with Crippen molar-refractivity contribution in [3.8, 4) is 6.07 Å². The molecule has 100 valence electrons. The lowest BCUT2D eigenvalue weighted by Gasteiger charge is -2.23. The molecule has 1 aromatic rings. The summed E-state index contributed by atoms with van der Waals surface area (Å²) in [4.78, 5) is 6.79. The second-order valence-electron chi connectivity index (χ2n) is 5.45. The first kappa shape index (κ1) is 12.4. The number of rotatable bonds is 3. The van der Waals surface area contributed by atoms with Crippen molar-refractivity contribution in [3.63, 3.8) is 0 Å². The van der Waals surface area contributed by atoms with Gasteiger partial charge in [-0.2, -0.15) is 5.26 Å². The van der Waals surface area contributed by atoms with Gasteiger partial charge in [0.25, 0.3) is 0 Å². The zero-order chi connectivity index (χ0) is 13.2. The Balaban J connectivity index is 1.84. The number of hydrogen-bond acceptors (Lipinski definition) is 4. The van der Waals surface area contributed by atoms with Gasteiger partial charge in [-0.25, -0.2) is 4.98 Å². The van der Waals surface area contributed by atoms with E-state index in [0.29, 0.717) is 5.56 Å². The zero-order valence-corrected chi connectivity index (χ0v) is 11.4. The van der Waals surface area contributed by atoms with Crippen LogP contribution in [-0.2, 0) is 17.6 Å². The van der Waals surface area contributed by atoms with E-state index >= 15 is 0 Å². The molecule has 1 fully saturated rings. The SMILES string of the molecule is CN(CC1CCCO1)c1nc2c(cc1C#N)CCC2. The maximum Gasteiger partial charge on any atom is 0.146 e. The van der Waals surface area contributed by atoms with Gasteiger partial charge < -0.3 is 9.64 Å². The van der Waals surface area contributed by atoms with E-state index in [9.17, 15) is 5.26 Å². The zero-order valence-electron chi connectivity index (χ0n) is 11.4. The second-order valence-corrected chi connectivity index (χ2v) is 5.45. The maximum absolute atomic E-state index is 9.31. The Labute approximate surface area is 114 Å². The van der Waals surface area contributed by atoms with E-state index in [2.05, 4.69) is 11.0 Å². The monoisotopic (exact) mass is 257 g/mol. The van der Waals surface area contributed by atoms with Crippen LogP contribution >= 0.6 is 0 Å². The maximum atomic E-state index is 9.31.